The third-order valence-corrected chi connectivity index (χ3v) is 2.59. The second kappa shape index (κ2) is 7.08. The first-order valence-corrected chi connectivity index (χ1v) is 6.66. The molecule has 0 saturated heterocycles. The van der Waals surface area contributed by atoms with Crippen LogP contribution in [0, 0.1) is 0 Å². The molecular formula is C16H22O4. The largest absolute Gasteiger partial charge is 0.497 e. The Balaban J connectivity index is 2.38. The second-order valence-electron chi connectivity index (χ2n) is 5.65. The van der Waals surface area contributed by atoms with E-state index in [0.717, 1.165) is 11.3 Å². The van der Waals surface area contributed by atoms with Gasteiger partial charge >= 0.3 is 5.97 Å². The van der Waals surface area contributed by atoms with Crippen LogP contribution in [0.3, 0.4) is 0 Å². The fraction of sp³-hybridized carbons (Fsp3) is 0.500. The summed E-state index contributed by atoms with van der Waals surface area (Å²) in [6.07, 6.45) is 0.667. The topological polar surface area (TPSA) is 52.6 Å². The maximum absolute atomic E-state index is 11.8. The molecule has 0 aromatic heterocycles. The average molecular weight is 278 g/mol. The third kappa shape index (κ3) is 6.36. The van der Waals surface area contributed by atoms with E-state index in [1.807, 2.05) is 45.0 Å². The minimum Gasteiger partial charge on any atom is -0.497 e. The first-order valence-electron chi connectivity index (χ1n) is 6.66. The molecule has 0 unspecified atom stereocenters. The number of methoxy groups -OCH3 is 1. The van der Waals surface area contributed by atoms with E-state index in [1.165, 1.54) is 0 Å². The van der Waals surface area contributed by atoms with Gasteiger partial charge in [0.05, 0.1) is 13.5 Å². The van der Waals surface area contributed by atoms with Crippen LogP contribution in [0.1, 0.15) is 39.2 Å². The van der Waals surface area contributed by atoms with Crippen molar-refractivity contribution in [1.82, 2.24) is 0 Å². The second-order valence-corrected chi connectivity index (χ2v) is 5.65. The van der Waals surface area contributed by atoms with Crippen LogP contribution in [-0.2, 0) is 20.7 Å². The molecule has 0 aliphatic heterocycles. The average Bonchev–Trinajstić information content (AvgIpc) is 2.35. The Labute approximate surface area is 120 Å². The number of ether oxygens (including phenoxy) is 2. The lowest BCUT2D eigenvalue weighted by molar-refractivity contribution is -0.155. The third-order valence-electron chi connectivity index (χ3n) is 2.59. The normalized spacial score (nSPS) is 11.0. The van der Waals surface area contributed by atoms with Crippen LogP contribution in [0.5, 0.6) is 5.75 Å². The highest BCUT2D eigenvalue weighted by atomic mass is 16.6. The van der Waals surface area contributed by atoms with Crippen LogP contribution in [-0.4, -0.2) is 24.5 Å². The van der Waals surface area contributed by atoms with Gasteiger partial charge in [-0.3, -0.25) is 9.59 Å². The van der Waals surface area contributed by atoms with E-state index < -0.39 is 5.60 Å². The van der Waals surface area contributed by atoms with E-state index in [1.54, 1.807) is 7.11 Å². The van der Waals surface area contributed by atoms with Crippen molar-refractivity contribution >= 4 is 11.8 Å². The fourth-order valence-electron chi connectivity index (χ4n) is 1.69. The van der Waals surface area contributed by atoms with Gasteiger partial charge in [-0.15, -0.1) is 0 Å². The van der Waals surface area contributed by atoms with Gasteiger partial charge in [0, 0.05) is 12.8 Å². The summed E-state index contributed by atoms with van der Waals surface area (Å²) in [6.45, 7) is 5.43. The molecule has 1 rings (SSSR count). The van der Waals surface area contributed by atoms with E-state index in [-0.39, 0.29) is 24.6 Å². The number of benzene rings is 1. The van der Waals surface area contributed by atoms with Gasteiger partial charge in [-0.1, -0.05) is 12.1 Å². The van der Waals surface area contributed by atoms with Crippen LogP contribution in [0.4, 0.5) is 0 Å². The van der Waals surface area contributed by atoms with E-state index in [9.17, 15) is 9.59 Å². The summed E-state index contributed by atoms with van der Waals surface area (Å²) in [4.78, 5) is 23.3. The number of hydrogen-bond acceptors (Lipinski definition) is 4. The zero-order chi connectivity index (χ0) is 15.2. The van der Waals surface area contributed by atoms with Crippen molar-refractivity contribution in [1.29, 1.82) is 0 Å². The van der Waals surface area contributed by atoms with Gasteiger partial charge in [0.2, 0.25) is 0 Å². The number of carbonyl (C=O) groups excluding carboxylic acids is 2. The Bertz CT molecular complexity index is 454. The highest BCUT2D eigenvalue weighted by Gasteiger charge is 2.17. The summed E-state index contributed by atoms with van der Waals surface area (Å²) in [5.74, 6) is 0.455. The molecule has 110 valence electrons. The Morgan fingerprint density at radius 3 is 2.15 bits per heavy atom. The number of carbonyl (C=O) groups is 2. The summed E-state index contributed by atoms with van der Waals surface area (Å²) in [5.41, 5.74) is 0.413. The zero-order valence-corrected chi connectivity index (χ0v) is 12.6. The smallest absolute Gasteiger partial charge is 0.306 e. The molecule has 1 aromatic rings. The van der Waals surface area contributed by atoms with E-state index in [0.29, 0.717) is 6.42 Å². The first-order chi connectivity index (χ1) is 9.30. The minimum absolute atomic E-state index is 0.0287. The van der Waals surface area contributed by atoms with Crippen molar-refractivity contribution < 1.29 is 19.1 Å². The predicted octanol–water partition coefficient (Wildman–Crippen LogP) is 2.93. The lowest BCUT2D eigenvalue weighted by Gasteiger charge is -2.19. The number of ketones is 1. The van der Waals surface area contributed by atoms with Gasteiger partial charge in [-0.25, -0.2) is 0 Å². The van der Waals surface area contributed by atoms with Crippen molar-refractivity contribution in [2.45, 2.75) is 45.6 Å². The molecule has 0 bridgehead atoms. The predicted molar refractivity (Wildman–Crippen MR) is 76.8 cm³/mol. The summed E-state index contributed by atoms with van der Waals surface area (Å²) < 4.78 is 10.2. The molecule has 0 aliphatic rings. The molecule has 0 radical (unpaired) electrons. The molecule has 0 aliphatic carbocycles. The standard InChI is InChI=1S/C16H22O4/c1-16(2,3)20-15(18)10-7-13(17)11-12-5-8-14(19-4)9-6-12/h5-6,8-9H,7,10-11H2,1-4H3. The SMILES string of the molecule is COc1ccc(CC(=O)CCC(=O)OC(C)(C)C)cc1. The van der Waals surface area contributed by atoms with E-state index in [4.69, 9.17) is 9.47 Å². The molecule has 0 fully saturated rings. The Kier molecular flexibility index (Phi) is 5.74. The molecule has 0 N–H and O–H groups in total. The molecular weight excluding hydrogens is 256 g/mol. The van der Waals surface area contributed by atoms with Crippen LogP contribution < -0.4 is 4.74 Å². The van der Waals surface area contributed by atoms with Crippen molar-refractivity contribution in [3.63, 3.8) is 0 Å². The van der Waals surface area contributed by atoms with Gasteiger partial charge in [-0.05, 0) is 38.5 Å². The molecule has 0 spiro atoms. The van der Waals surface area contributed by atoms with E-state index >= 15 is 0 Å². The summed E-state index contributed by atoms with van der Waals surface area (Å²) in [7, 11) is 1.60. The molecule has 4 heteroatoms. The zero-order valence-electron chi connectivity index (χ0n) is 12.6. The Morgan fingerprint density at radius 2 is 1.65 bits per heavy atom. The quantitative estimate of drug-likeness (QED) is 0.751. The molecule has 0 amide bonds. The molecule has 4 nitrogen and oxygen atoms in total. The van der Waals surface area contributed by atoms with Gasteiger partial charge in [0.15, 0.2) is 0 Å². The van der Waals surface area contributed by atoms with Crippen molar-refractivity contribution in [3.05, 3.63) is 29.8 Å². The summed E-state index contributed by atoms with van der Waals surface area (Å²) in [6, 6.07) is 7.33. The number of esters is 1. The van der Waals surface area contributed by atoms with Crippen LogP contribution in [0.15, 0.2) is 24.3 Å². The van der Waals surface area contributed by atoms with Gasteiger partial charge in [0.25, 0.3) is 0 Å². The highest BCUT2D eigenvalue weighted by Crippen LogP contribution is 2.13. The maximum Gasteiger partial charge on any atom is 0.306 e. The molecule has 0 atom stereocenters. The monoisotopic (exact) mass is 278 g/mol. The number of rotatable bonds is 6. The molecule has 0 saturated carbocycles. The Morgan fingerprint density at radius 1 is 1.05 bits per heavy atom. The lowest BCUT2D eigenvalue weighted by atomic mass is 10.1. The number of hydrogen-bond donors (Lipinski definition) is 0. The molecule has 0 heterocycles. The fourth-order valence-corrected chi connectivity index (χ4v) is 1.69. The van der Waals surface area contributed by atoms with Crippen molar-refractivity contribution in [2.24, 2.45) is 0 Å². The Hall–Kier alpha value is -1.84. The van der Waals surface area contributed by atoms with Crippen LogP contribution in [0.2, 0.25) is 0 Å². The molecule has 1 aromatic carbocycles. The lowest BCUT2D eigenvalue weighted by Crippen LogP contribution is -2.24. The summed E-state index contributed by atoms with van der Waals surface area (Å²) >= 11 is 0. The minimum atomic E-state index is -0.504. The summed E-state index contributed by atoms with van der Waals surface area (Å²) in [5, 5.41) is 0. The maximum atomic E-state index is 11.8. The first kappa shape index (κ1) is 16.2. The number of Topliss-reactive ketones (excluding diaryl/α,β-unsaturated/α-hetero) is 1. The highest BCUT2D eigenvalue weighted by molar-refractivity contribution is 5.84. The molecule has 20 heavy (non-hydrogen) atoms. The van der Waals surface area contributed by atoms with Crippen molar-refractivity contribution in [3.8, 4) is 5.75 Å². The van der Waals surface area contributed by atoms with Crippen LogP contribution in [0.25, 0.3) is 0 Å². The van der Waals surface area contributed by atoms with E-state index in [2.05, 4.69) is 0 Å². The van der Waals surface area contributed by atoms with Gasteiger partial charge in [-0.2, -0.15) is 0 Å². The van der Waals surface area contributed by atoms with Crippen LogP contribution >= 0.6 is 0 Å². The van der Waals surface area contributed by atoms with Crippen molar-refractivity contribution in [2.75, 3.05) is 7.11 Å². The van der Waals surface area contributed by atoms with Gasteiger partial charge < -0.3 is 9.47 Å². The van der Waals surface area contributed by atoms with Gasteiger partial charge in [0.1, 0.15) is 17.1 Å².